The molecule has 0 heterocycles. The van der Waals surface area contributed by atoms with E-state index in [0.29, 0.717) is 12.8 Å². The van der Waals surface area contributed by atoms with Crippen LogP contribution >= 0.6 is 0 Å². The van der Waals surface area contributed by atoms with Gasteiger partial charge in [-0.15, -0.1) is 0 Å². The van der Waals surface area contributed by atoms with Crippen molar-refractivity contribution < 1.29 is 28.6 Å². The normalized spacial score (nSPS) is 12.6. The fraction of sp³-hybridized carbons (Fsp3) is 0.690. The number of rotatable bonds is 33. The third-order valence-electron chi connectivity index (χ3n) is 7.77. The van der Waals surface area contributed by atoms with Gasteiger partial charge in [0, 0.05) is 12.8 Å². The van der Waals surface area contributed by atoms with E-state index in [4.69, 9.17) is 14.2 Å². The molecule has 6 nitrogen and oxygen atoms in total. The molecule has 0 aliphatic carbocycles. The molecule has 0 aromatic rings. The summed E-state index contributed by atoms with van der Waals surface area (Å²) in [5.41, 5.74) is 0. The number of ether oxygens (including phenoxy) is 3. The van der Waals surface area contributed by atoms with Crippen LogP contribution in [0.5, 0.6) is 0 Å². The largest absolute Gasteiger partial charge is 0.462 e. The maximum Gasteiger partial charge on any atom is 0.310 e. The van der Waals surface area contributed by atoms with Crippen LogP contribution in [0.15, 0.2) is 60.8 Å². The number of carbonyl (C=O) groups excluding carboxylic acids is 3. The molecular weight excluding hydrogens is 600 g/mol. The van der Waals surface area contributed by atoms with Crippen molar-refractivity contribution >= 4 is 17.9 Å². The molecule has 0 rings (SSSR count). The molecule has 274 valence electrons. The van der Waals surface area contributed by atoms with Gasteiger partial charge >= 0.3 is 17.9 Å². The van der Waals surface area contributed by atoms with Gasteiger partial charge in [-0.05, 0) is 77.0 Å². The van der Waals surface area contributed by atoms with E-state index < -0.39 is 12.1 Å². The van der Waals surface area contributed by atoms with Crippen molar-refractivity contribution in [1.29, 1.82) is 0 Å². The first-order chi connectivity index (χ1) is 23.5. The standard InChI is InChI=1S/C42H70O6/c1-4-7-10-13-16-18-19-20-21-22-23-25-27-30-32-35-41(44)47-38-39(48-42(45)36-33-28-15-12-9-6-3)37-46-40(43)34-31-29-26-24-17-14-11-8-5-2/h8-9,11-12,16,18,20-21,28,33,39H,4-7,10,13-15,17,19,22-27,29-32,34-38H2,1-3H3/b11-8-,12-9-,18-16-,21-20-,33-28-. The summed E-state index contributed by atoms with van der Waals surface area (Å²) in [7, 11) is 0. The maximum atomic E-state index is 12.4. The van der Waals surface area contributed by atoms with Crippen LogP contribution in [0.2, 0.25) is 0 Å². The van der Waals surface area contributed by atoms with Crippen molar-refractivity contribution in [1.82, 2.24) is 0 Å². The average Bonchev–Trinajstić information content (AvgIpc) is 3.08. The van der Waals surface area contributed by atoms with Gasteiger partial charge in [-0.2, -0.15) is 0 Å². The number of allylic oxidation sites excluding steroid dienone is 9. The van der Waals surface area contributed by atoms with Crippen LogP contribution in [-0.4, -0.2) is 37.2 Å². The third kappa shape index (κ3) is 34.4. The minimum atomic E-state index is -0.820. The van der Waals surface area contributed by atoms with E-state index in [-0.39, 0.29) is 31.6 Å². The van der Waals surface area contributed by atoms with Crippen molar-refractivity contribution in [3.05, 3.63) is 60.8 Å². The topological polar surface area (TPSA) is 78.9 Å². The molecule has 0 bridgehead atoms. The molecule has 48 heavy (non-hydrogen) atoms. The van der Waals surface area contributed by atoms with E-state index in [0.717, 1.165) is 96.3 Å². The predicted molar refractivity (Wildman–Crippen MR) is 201 cm³/mol. The van der Waals surface area contributed by atoms with E-state index in [2.05, 4.69) is 63.3 Å². The first-order valence-corrected chi connectivity index (χ1v) is 19.3. The molecule has 1 unspecified atom stereocenters. The zero-order valence-corrected chi connectivity index (χ0v) is 31.0. The van der Waals surface area contributed by atoms with Crippen LogP contribution in [0.25, 0.3) is 0 Å². The van der Waals surface area contributed by atoms with Gasteiger partial charge < -0.3 is 14.2 Å². The molecule has 6 heteroatoms. The Morgan fingerprint density at radius 3 is 1.40 bits per heavy atom. The Bertz CT molecular complexity index is 913. The summed E-state index contributed by atoms with van der Waals surface area (Å²) in [5.74, 6) is -1.08. The minimum Gasteiger partial charge on any atom is -0.462 e. The molecule has 0 saturated heterocycles. The number of esters is 3. The highest BCUT2D eigenvalue weighted by Crippen LogP contribution is 2.11. The molecule has 0 N–H and O–H groups in total. The van der Waals surface area contributed by atoms with Crippen LogP contribution in [0.3, 0.4) is 0 Å². The highest BCUT2D eigenvalue weighted by atomic mass is 16.6. The summed E-state index contributed by atoms with van der Waals surface area (Å²) in [4.78, 5) is 37.2. The number of hydrogen-bond acceptors (Lipinski definition) is 6. The Morgan fingerprint density at radius 2 is 0.875 bits per heavy atom. The van der Waals surface area contributed by atoms with Crippen molar-refractivity contribution in [3.63, 3.8) is 0 Å². The quantitative estimate of drug-likeness (QED) is 0.0299. The number of hydrogen-bond donors (Lipinski definition) is 0. The lowest BCUT2D eigenvalue weighted by Crippen LogP contribution is -2.30. The van der Waals surface area contributed by atoms with Crippen molar-refractivity contribution in [3.8, 4) is 0 Å². The first-order valence-electron chi connectivity index (χ1n) is 19.3. The predicted octanol–water partition coefficient (Wildman–Crippen LogP) is 11.8. The Kier molecular flexibility index (Phi) is 34.7. The molecule has 0 fully saturated rings. The molecular formula is C42H70O6. The maximum absolute atomic E-state index is 12.4. The summed E-state index contributed by atoms with van der Waals surface area (Å²) in [6.45, 7) is 6.21. The second-order valence-corrected chi connectivity index (χ2v) is 12.4. The summed E-state index contributed by atoms with van der Waals surface area (Å²) >= 11 is 0. The smallest absolute Gasteiger partial charge is 0.310 e. The number of carbonyl (C=O) groups is 3. The van der Waals surface area contributed by atoms with Crippen molar-refractivity contribution in [2.24, 2.45) is 0 Å². The lowest BCUT2D eigenvalue weighted by Gasteiger charge is -2.18. The van der Waals surface area contributed by atoms with Crippen molar-refractivity contribution in [2.75, 3.05) is 13.2 Å². The van der Waals surface area contributed by atoms with Gasteiger partial charge in [0.25, 0.3) is 0 Å². The Morgan fingerprint density at radius 1 is 0.458 bits per heavy atom. The van der Waals surface area contributed by atoms with E-state index in [1.807, 2.05) is 12.2 Å². The van der Waals surface area contributed by atoms with Gasteiger partial charge in [-0.3, -0.25) is 14.4 Å². The summed E-state index contributed by atoms with van der Waals surface area (Å²) in [6, 6.07) is 0. The van der Waals surface area contributed by atoms with Crippen LogP contribution in [0.4, 0.5) is 0 Å². The molecule has 0 aliphatic heterocycles. The zero-order chi connectivity index (χ0) is 35.2. The molecule has 0 aromatic heterocycles. The molecule has 0 aromatic carbocycles. The molecule has 0 saturated carbocycles. The van der Waals surface area contributed by atoms with Gasteiger partial charge in [-0.1, -0.05) is 133 Å². The van der Waals surface area contributed by atoms with E-state index in [9.17, 15) is 14.4 Å². The molecule has 0 aliphatic rings. The van der Waals surface area contributed by atoms with Crippen LogP contribution in [0.1, 0.15) is 168 Å². The van der Waals surface area contributed by atoms with Crippen LogP contribution < -0.4 is 0 Å². The van der Waals surface area contributed by atoms with Gasteiger partial charge in [0.05, 0.1) is 6.42 Å². The zero-order valence-electron chi connectivity index (χ0n) is 31.0. The average molecular weight is 671 g/mol. The monoisotopic (exact) mass is 671 g/mol. The van der Waals surface area contributed by atoms with Crippen LogP contribution in [0, 0.1) is 0 Å². The lowest BCUT2D eigenvalue weighted by molar-refractivity contribution is -0.166. The molecule has 0 amide bonds. The molecule has 0 radical (unpaired) electrons. The lowest BCUT2D eigenvalue weighted by atomic mass is 10.1. The van der Waals surface area contributed by atoms with Gasteiger partial charge in [0.1, 0.15) is 13.2 Å². The summed E-state index contributed by atoms with van der Waals surface area (Å²) < 4.78 is 16.4. The second-order valence-electron chi connectivity index (χ2n) is 12.4. The van der Waals surface area contributed by atoms with Gasteiger partial charge in [-0.25, -0.2) is 0 Å². The van der Waals surface area contributed by atoms with Crippen LogP contribution in [-0.2, 0) is 28.6 Å². The second kappa shape index (κ2) is 36.9. The minimum absolute atomic E-state index is 0.110. The van der Waals surface area contributed by atoms with Crippen molar-refractivity contribution in [2.45, 2.75) is 175 Å². The fourth-order valence-electron chi connectivity index (χ4n) is 4.91. The van der Waals surface area contributed by atoms with Gasteiger partial charge in [0.15, 0.2) is 6.10 Å². The Hall–Kier alpha value is -2.89. The highest BCUT2D eigenvalue weighted by molar-refractivity contribution is 5.72. The summed E-state index contributed by atoms with van der Waals surface area (Å²) in [6.07, 6.45) is 42.7. The Labute approximate surface area is 294 Å². The Balaban J connectivity index is 4.34. The third-order valence-corrected chi connectivity index (χ3v) is 7.77. The van der Waals surface area contributed by atoms with Gasteiger partial charge in [0.2, 0.25) is 0 Å². The number of unbranched alkanes of at least 4 members (excludes halogenated alkanes) is 13. The molecule has 0 spiro atoms. The van der Waals surface area contributed by atoms with E-state index in [1.54, 1.807) is 6.08 Å². The first kappa shape index (κ1) is 45.1. The highest BCUT2D eigenvalue weighted by Gasteiger charge is 2.19. The molecule has 1 atom stereocenters. The van der Waals surface area contributed by atoms with E-state index >= 15 is 0 Å². The fourth-order valence-corrected chi connectivity index (χ4v) is 4.91. The van der Waals surface area contributed by atoms with E-state index in [1.165, 1.54) is 32.1 Å². The summed E-state index contributed by atoms with van der Waals surface area (Å²) in [5, 5.41) is 0. The SMILES string of the molecule is CC/C=C\C/C=C\CC(=O)OC(COC(=O)CCCCCCC/C=C\CC)COC(=O)CCCCCCC/C=C\C/C=C\CCCCC.